The average molecular weight is 431 g/mol. The highest BCUT2D eigenvalue weighted by molar-refractivity contribution is 5.95. The van der Waals surface area contributed by atoms with Gasteiger partial charge in [-0.25, -0.2) is 0 Å². The van der Waals surface area contributed by atoms with E-state index in [0.29, 0.717) is 29.8 Å². The van der Waals surface area contributed by atoms with Gasteiger partial charge in [-0.3, -0.25) is 14.4 Å². The Morgan fingerprint density at radius 1 is 0.875 bits per heavy atom. The molecule has 0 aliphatic carbocycles. The molecule has 3 rings (SSSR count). The SMILES string of the molecule is CC(=O)Oc1cccc(C(=O)NCc2ccccc2NC(=O)CCc2ccccc2C)c1. The van der Waals surface area contributed by atoms with Crippen LogP contribution in [0.25, 0.3) is 0 Å². The van der Waals surface area contributed by atoms with Gasteiger partial charge in [-0.05, 0) is 54.3 Å². The summed E-state index contributed by atoms with van der Waals surface area (Å²) in [5, 5.41) is 5.79. The molecule has 0 aliphatic heterocycles. The van der Waals surface area contributed by atoms with E-state index in [-0.39, 0.29) is 18.4 Å². The standard InChI is InChI=1S/C26H26N2O4/c1-18-8-3-4-9-20(18)14-15-25(30)28-24-13-6-5-10-22(24)17-27-26(31)21-11-7-12-23(16-21)32-19(2)29/h3-13,16H,14-15,17H2,1-2H3,(H,27,31)(H,28,30). The second kappa shape index (κ2) is 10.9. The van der Waals surface area contributed by atoms with E-state index in [0.717, 1.165) is 11.1 Å². The van der Waals surface area contributed by atoms with Crippen molar-refractivity contribution in [1.29, 1.82) is 0 Å². The minimum Gasteiger partial charge on any atom is -0.427 e. The monoisotopic (exact) mass is 430 g/mol. The first-order valence-electron chi connectivity index (χ1n) is 10.4. The summed E-state index contributed by atoms with van der Waals surface area (Å²) >= 11 is 0. The Morgan fingerprint density at radius 3 is 2.34 bits per heavy atom. The van der Waals surface area contributed by atoms with Crippen LogP contribution < -0.4 is 15.4 Å². The molecule has 0 radical (unpaired) electrons. The van der Waals surface area contributed by atoms with Crippen LogP contribution in [0.2, 0.25) is 0 Å². The maximum absolute atomic E-state index is 12.5. The molecule has 0 saturated heterocycles. The number of esters is 1. The fraction of sp³-hybridized carbons (Fsp3) is 0.192. The van der Waals surface area contributed by atoms with Gasteiger partial charge in [-0.1, -0.05) is 48.5 Å². The van der Waals surface area contributed by atoms with Crippen molar-refractivity contribution >= 4 is 23.5 Å². The van der Waals surface area contributed by atoms with E-state index >= 15 is 0 Å². The number of anilines is 1. The first-order chi connectivity index (χ1) is 15.4. The van der Waals surface area contributed by atoms with Crippen LogP contribution in [0.5, 0.6) is 5.75 Å². The molecule has 0 saturated carbocycles. The predicted octanol–water partition coefficient (Wildman–Crippen LogP) is 4.42. The number of aryl methyl sites for hydroxylation is 2. The van der Waals surface area contributed by atoms with Gasteiger partial charge in [0.15, 0.2) is 0 Å². The highest BCUT2D eigenvalue weighted by Crippen LogP contribution is 2.18. The number of amides is 2. The lowest BCUT2D eigenvalue weighted by Crippen LogP contribution is -2.24. The molecule has 6 nitrogen and oxygen atoms in total. The maximum atomic E-state index is 12.5. The summed E-state index contributed by atoms with van der Waals surface area (Å²) in [7, 11) is 0. The second-order valence-corrected chi connectivity index (χ2v) is 7.44. The summed E-state index contributed by atoms with van der Waals surface area (Å²) in [6.07, 6.45) is 1.03. The van der Waals surface area contributed by atoms with Crippen LogP contribution in [0, 0.1) is 6.92 Å². The normalized spacial score (nSPS) is 10.3. The Morgan fingerprint density at radius 2 is 1.59 bits per heavy atom. The Bertz CT molecular complexity index is 1120. The summed E-state index contributed by atoms with van der Waals surface area (Å²) < 4.78 is 5.03. The van der Waals surface area contributed by atoms with Crippen molar-refractivity contribution in [2.45, 2.75) is 33.2 Å². The Kier molecular flexibility index (Phi) is 7.75. The van der Waals surface area contributed by atoms with E-state index in [2.05, 4.69) is 10.6 Å². The quantitative estimate of drug-likeness (QED) is 0.409. The van der Waals surface area contributed by atoms with Gasteiger partial charge in [0.1, 0.15) is 5.75 Å². The number of carbonyl (C=O) groups excluding carboxylic acids is 3. The molecule has 32 heavy (non-hydrogen) atoms. The zero-order chi connectivity index (χ0) is 22.9. The van der Waals surface area contributed by atoms with Crippen LogP contribution in [-0.4, -0.2) is 17.8 Å². The first-order valence-corrected chi connectivity index (χ1v) is 10.4. The lowest BCUT2D eigenvalue weighted by molar-refractivity contribution is -0.131. The van der Waals surface area contributed by atoms with E-state index in [1.54, 1.807) is 18.2 Å². The van der Waals surface area contributed by atoms with Gasteiger partial charge in [0.25, 0.3) is 5.91 Å². The molecule has 0 fully saturated rings. The molecule has 0 aromatic heterocycles. The molecule has 0 heterocycles. The lowest BCUT2D eigenvalue weighted by atomic mass is 10.0. The molecule has 164 valence electrons. The van der Waals surface area contributed by atoms with Crippen LogP contribution in [0.15, 0.2) is 72.8 Å². The van der Waals surface area contributed by atoms with Gasteiger partial charge in [-0.15, -0.1) is 0 Å². The van der Waals surface area contributed by atoms with Gasteiger partial charge < -0.3 is 15.4 Å². The number of hydrogen-bond acceptors (Lipinski definition) is 4. The van der Waals surface area contributed by atoms with Gasteiger partial charge in [0, 0.05) is 31.1 Å². The molecule has 2 N–H and O–H groups in total. The van der Waals surface area contributed by atoms with E-state index in [4.69, 9.17) is 4.74 Å². The molecular weight excluding hydrogens is 404 g/mol. The van der Waals surface area contributed by atoms with Gasteiger partial charge >= 0.3 is 5.97 Å². The predicted molar refractivity (Wildman–Crippen MR) is 123 cm³/mol. The summed E-state index contributed by atoms with van der Waals surface area (Å²) in [5.41, 5.74) is 4.15. The third-order valence-corrected chi connectivity index (χ3v) is 4.97. The molecule has 0 aliphatic rings. The zero-order valence-electron chi connectivity index (χ0n) is 18.2. The van der Waals surface area contributed by atoms with Crippen molar-refractivity contribution in [3.63, 3.8) is 0 Å². The van der Waals surface area contributed by atoms with Gasteiger partial charge in [0.2, 0.25) is 5.91 Å². The van der Waals surface area contributed by atoms with E-state index in [9.17, 15) is 14.4 Å². The summed E-state index contributed by atoms with van der Waals surface area (Å²) in [5.74, 6) is -0.526. The average Bonchev–Trinajstić information content (AvgIpc) is 2.77. The fourth-order valence-corrected chi connectivity index (χ4v) is 3.29. The van der Waals surface area contributed by atoms with Crippen molar-refractivity contribution in [3.05, 3.63) is 95.1 Å². The lowest BCUT2D eigenvalue weighted by Gasteiger charge is -2.13. The molecule has 0 unspecified atom stereocenters. The summed E-state index contributed by atoms with van der Waals surface area (Å²) in [6.45, 7) is 3.58. The van der Waals surface area contributed by atoms with Crippen molar-refractivity contribution in [1.82, 2.24) is 5.32 Å². The summed E-state index contributed by atoms with van der Waals surface area (Å²) in [6, 6.07) is 21.8. The number of para-hydroxylation sites is 1. The third-order valence-electron chi connectivity index (χ3n) is 4.97. The third kappa shape index (κ3) is 6.54. The van der Waals surface area contributed by atoms with Gasteiger partial charge in [-0.2, -0.15) is 0 Å². The smallest absolute Gasteiger partial charge is 0.308 e. The summed E-state index contributed by atoms with van der Waals surface area (Å²) in [4.78, 5) is 36.2. The van der Waals surface area contributed by atoms with Crippen LogP contribution in [0.1, 0.15) is 40.4 Å². The number of nitrogens with one attached hydrogen (secondary N) is 2. The highest BCUT2D eigenvalue weighted by atomic mass is 16.5. The molecule has 0 bridgehead atoms. The van der Waals surface area contributed by atoms with Crippen LogP contribution in [-0.2, 0) is 22.6 Å². The first kappa shape index (κ1) is 22.7. The van der Waals surface area contributed by atoms with Crippen molar-refractivity contribution in [2.75, 3.05) is 5.32 Å². The largest absolute Gasteiger partial charge is 0.427 e. The van der Waals surface area contributed by atoms with Crippen molar-refractivity contribution in [2.24, 2.45) is 0 Å². The van der Waals surface area contributed by atoms with E-state index in [1.165, 1.54) is 18.6 Å². The minimum absolute atomic E-state index is 0.0823. The topological polar surface area (TPSA) is 84.5 Å². The minimum atomic E-state index is -0.449. The molecule has 3 aromatic carbocycles. The van der Waals surface area contributed by atoms with Gasteiger partial charge in [0.05, 0.1) is 0 Å². The molecule has 0 atom stereocenters. The maximum Gasteiger partial charge on any atom is 0.308 e. The number of carbonyl (C=O) groups is 3. The Labute approximate surface area is 187 Å². The molecule has 6 heteroatoms. The molecule has 0 spiro atoms. The van der Waals surface area contributed by atoms with Crippen molar-refractivity contribution in [3.8, 4) is 5.75 Å². The number of rotatable bonds is 8. The van der Waals surface area contributed by atoms with Crippen LogP contribution in [0.3, 0.4) is 0 Å². The Hall–Kier alpha value is -3.93. The van der Waals surface area contributed by atoms with Crippen molar-refractivity contribution < 1.29 is 19.1 Å². The van der Waals surface area contributed by atoms with E-state index in [1.807, 2.05) is 55.5 Å². The zero-order valence-corrected chi connectivity index (χ0v) is 18.2. The number of ether oxygens (including phenoxy) is 1. The molecular formula is C26H26N2O4. The van der Waals surface area contributed by atoms with Crippen LogP contribution >= 0.6 is 0 Å². The molecule has 3 aromatic rings. The number of benzene rings is 3. The number of hydrogen-bond donors (Lipinski definition) is 2. The highest BCUT2D eigenvalue weighted by Gasteiger charge is 2.11. The van der Waals surface area contributed by atoms with Crippen LogP contribution in [0.4, 0.5) is 5.69 Å². The second-order valence-electron chi connectivity index (χ2n) is 7.44. The van der Waals surface area contributed by atoms with E-state index < -0.39 is 5.97 Å². The fourth-order valence-electron chi connectivity index (χ4n) is 3.29. The Balaban J connectivity index is 1.59. The molecule has 2 amide bonds.